The quantitative estimate of drug-likeness (QED) is 0.144. The Morgan fingerprint density at radius 1 is 0.920 bits per heavy atom. The molecule has 0 amide bonds. The fourth-order valence-electron chi connectivity index (χ4n) is 12.0. The van der Waals surface area contributed by atoms with E-state index >= 15 is 0 Å². The summed E-state index contributed by atoms with van der Waals surface area (Å²) in [6.07, 6.45) is 13.2. The number of fused-ring (bicyclic) bond motifs is 5. The van der Waals surface area contributed by atoms with Gasteiger partial charge in [-0.2, -0.15) is 0 Å². The fourth-order valence-corrected chi connectivity index (χ4v) is 16.8. The zero-order valence-corrected chi connectivity index (χ0v) is 33.4. The van der Waals surface area contributed by atoms with E-state index in [4.69, 9.17) is 9.16 Å². The Hall–Kier alpha value is -2.21. The Kier molecular flexibility index (Phi) is 11.0. The van der Waals surface area contributed by atoms with Gasteiger partial charge in [-0.1, -0.05) is 121 Å². The molecule has 0 heterocycles. The number of aliphatic hydroxyl groups excluding tert-OH is 1. The van der Waals surface area contributed by atoms with Gasteiger partial charge in [0.1, 0.15) is 0 Å². The number of esters is 1. The minimum Gasteiger partial charge on any atom is -0.466 e. The average molecular weight is 699 g/mol. The predicted molar refractivity (Wildman–Crippen MR) is 208 cm³/mol. The van der Waals surface area contributed by atoms with Gasteiger partial charge in [0.2, 0.25) is 0 Å². The number of carbonyl (C=O) groups is 1. The van der Waals surface area contributed by atoms with Crippen molar-refractivity contribution in [3.63, 3.8) is 0 Å². The standard InChI is InChI=1S/C45H66O4Si/c1-9-32(42(47)48-10-2)29-41(46)31(3)38-23-24-39-37-22-21-33-30-34(25-27-44(33,7)40(37)26-28-45(38,39)8)49-50(43(4,5)6,35-17-13-11-14-18-35)36-19-15-12-16-20-36/h11-21,31-32,34,37-41,46H,9-10,22-30H2,1-8H3/t31-,32-,34-,37-,38+,39-,40-,41+,44-,45+/m0/s1. The summed E-state index contributed by atoms with van der Waals surface area (Å²) < 4.78 is 13.0. The normalized spacial score (nSPS) is 32.9. The largest absolute Gasteiger partial charge is 0.466 e. The van der Waals surface area contributed by atoms with Gasteiger partial charge in [-0.15, -0.1) is 0 Å². The number of carbonyl (C=O) groups excluding carboxylic acids is 1. The van der Waals surface area contributed by atoms with Gasteiger partial charge in [0, 0.05) is 6.10 Å². The molecular formula is C45H66O4Si. The summed E-state index contributed by atoms with van der Waals surface area (Å²) in [7, 11) is -2.60. The number of hydrogen-bond acceptors (Lipinski definition) is 4. The van der Waals surface area contributed by atoms with Gasteiger partial charge >= 0.3 is 5.97 Å². The van der Waals surface area contributed by atoms with Crippen LogP contribution in [0.25, 0.3) is 0 Å². The van der Waals surface area contributed by atoms with E-state index in [9.17, 15) is 9.90 Å². The summed E-state index contributed by atoms with van der Waals surface area (Å²) in [6, 6.07) is 22.3. The highest BCUT2D eigenvalue weighted by atomic mass is 28.4. The molecule has 2 aromatic carbocycles. The molecule has 5 heteroatoms. The van der Waals surface area contributed by atoms with Crippen LogP contribution >= 0.6 is 0 Å². The lowest BCUT2D eigenvalue weighted by atomic mass is 9.47. The molecule has 3 fully saturated rings. The molecule has 274 valence electrons. The van der Waals surface area contributed by atoms with E-state index in [1.165, 1.54) is 48.9 Å². The van der Waals surface area contributed by atoms with E-state index in [1.54, 1.807) is 5.57 Å². The summed E-state index contributed by atoms with van der Waals surface area (Å²) >= 11 is 0. The number of aliphatic hydroxyl groups is 1. The molecule has 0 unspecified atom stereocenters. The summed E-state index contributed by atoms with van der Waals surface area (Å²) in [5.41, 5.74) is 2.16. The van der Waals surface area contributed by atoms with Crippen molar-refractivity contribution >= 4 is 24.7 Å². The van der Waals surface area contributed by atoms with Crippen LogP contribution in [0.4, 0.5) is 0 Å². The van der Waals surface area contributed by atoms with Crippen molar-refractivity contribution in [2.75, 3.05) is 6.61 Å². The van der Waals surface area contributed by atoms with Gasteiger partial charge in [-0.05, 0) is 127 Å². The first kappa shape index (κ1) is 37.5. The average Bonchev–Trinajstić information content (AvgIpc) is 3.46. The van der Waals surface area contributed by atoms with Crippen LogP contribution < -0.4 is 10.4 Å². The zero-order chi connectivity index (χ0) is 35.9. The summed E-state index contributed by atoms with van der Waals surface area (Å²) in [5.74, 6) is 2.46. The Labute approximate surface area is 305 Å². The first-order valence-corrected chi connectivity index (χ1v) is 22.0. The number of rotatable bonds is 11. The third-order valence-corrected chi connectivity index (χ3v) is 19.9. The van der Waals surface area contributed by atoms with Crippen LogP contribution in [0.1, 0.15) is 120 Å². The van der Waals surface area contributed by atoms with Crippen LogP contribution in [-0.2, 0) is 14.0 Å². The molecule has 4 nitrogen and oxygen atoms in total. The molecule has 4 aliphatic carbocycles. The Morgan fingerprint density at radius 3 is 2.14 bits per heavy atom. The van der Waals surface area contributed by atoms with Gasteiger partial charge in [0.05, 0.1) is 18.6 Å². The van der Waals surface area contributed by atoms with Gasteiger partial charge < -0.3 is 14.3 Å². The molecule has 6 rings (SSSR count). The van der Waals surface area contributed by atoms with E-state index in [0.29, 0.717) is 37.2 Å². The molecule has 4 aliphatic rings. The molecule has 0 aromatic heterocycles. The summed E-state index contributed by atoms with van der Waals surface area (Å²) in [6.45, 7) is 18.9. The fraction of sp³-hybridized carbons (Fsp3) is 0.667. The van der Waals surface area contributed by atoms with E-state index in [2.05, 4.69) is 108 Å². The molecule has 0 bridgehead atoms. The van der Waals surface area contributed by atoms with Crippen molar-refractivity contribution in [3.05, 3.63) is 72.3 Å². The monoisotopic (exact) mass is 698 g/mol. The summed E-state index contributed by atoms with van der Waals surface area (Å²) in [5, 5.41) is 14.2. The molecule has 2 aromatic rings. The molecule has 50 heavy (non-hydrogen) atoms. The van der Waals surface area contributed by atoms with Crippen molar-refractivity contribution in [1.29, 1.82) is 0 Å². The maximum Gasteiger partial charge on any atom is 0.309 e. The predicted octanol–water partition coefficient (Wildman–Crippen LogP) is 9.49. The smallest absolute Gasteiger partial charge is 0.309 e. The summed E-state index contributed by atoms with van der Waals surface area (Å²) in [4.78, 5) is 12.6. The maximum absolute atomic E-state index is 12.6. The van der Waals surface area contributed by atoms with Gasteiger partial charge in [-0.25, -0.2) is 0 Å². The third kappa shape index (κ3) is 6.51. The number of hydrogen-bond donors (Lipinski definition) is 1. The highest BCUT2D eigenvalue weighted by Crippen LogP contribution is 2.67. The zero-order valence-electron chi connectivity index (χ0n) is 32.4. The highest BCUT2D eigenvalue weighted by molar-refractivity contribution is 6.99. The molecule has 0 aliphatic heterocycles. The van der Waals surface area contributed by atoms with E-state index in [0.717, 1.165) is 18.8 Å². The Morgan fingerprint density at radius 2 is 1.56 bits per heavy atom. The highest BCUT2D eigenvalue weighted by Gasteiger charge is 2.60. The minimum absolute atomic E-state index is 0.0175. The van der Waals surface area contributed by atoms with Crippen molar-refractivity contribution < 1.29 is 19.1 Å². The molecule has 0 radical (unpaired) electrons. The second-order valence-corrected chi connectivity index (χ2v) is 22.4. The number of benzene rings is 2. The maximum atomic E-state index is 12.6. The second-order valence-electron chi connectivity index (χ2n) is 18.2. The molecule has 1 N–H and O–H groups in total. The second kappa shape index (κ2) is 14.7. The minimum atomic E-state index is -2.60. The van der Waals surface area contributed by atoms with Gasteiger partial charge in [-0.3, -0.25) is 4.79 Å². The molecule has 0 spiro atoms. The lowest BCUT2D eigenvalue weighted by Crippen LogP contribution is -2.68. The molecule has 10 atom stereocenters. The van der Waals surface area contributed by atoms with Crippen LogP contribution in [0, 0.1) is 46.3 Å². The number of allylic oxidation sites excluding steroid dienone is 1. The SMILES string of the molecule is CCOC(=O)[C@@H](CC)C[C@@H](O)[C@@H](C)[C@H]1CC[C@H]2[C@@H]3CC=C4C[C@@H](O[Si](c5ccccc5)(c5ccccc5)C(C)(C)C)CC[C@]4(C)[C@H]3CC[C@]12C. The van der Waals surface area contributed by atoms with Gasteiger partial charge in [0.15, 0.2) is 0 Å². The first-order valence-electron chi connectivity index (χ1n) is 20.1. The van der Waals surface area contributed by atoms with E-state index in [-0.39, 0.29) is 39.8 Å². The molecule has 3 saturated carbocycles. The number of ether oxygens (including phenoxy) is 1. The topological polar surface area (TPSA) is 55.8 Å². The molecule has 0 saturated heterocycles. The van der Waals surface area contributed by atoms with Gasteiger partial charge in [0.25, 0.3) is 8.32 Å². The Bertz CT molecular complexity index is 1440. The first-order chi connectivity index (χ1) is 23.8. The van der Waals surface area contributed by atoms with Crippen molar-refractivity contribution in [2.45, 2.75) is 137 Å². The Balaban J connectivity index is 1.20. The van der Waals surface area contributed by atoms with Crippen LogP contribution in [-0.4, -0.2) is 38.2 Å². The van der Waals surface area contributed by atoms with Crippen LogP contribution in [0.2, 0.25) is 5.04 Å². The molecular weight excluding hydrogens is 633 g/mol. The lowest BCUT2D eigenvalue weighted by molar-refractivity contribution is -0.150. The van der Waals surface area contributed by atoms with E-state index in [1.807, 2.05) is 13.8 Å². The third-order valence-electron chi connectivity index (χ3n) is 14.8. The van der Waals surface area contributed by atoms with E-state index < -0.39 is 14.4 Å². The lowest BCUT2D eigenvalue weighted by Gasteiger charge is -2.59. The van der Waals surface area contributed by atoms with Crippen LogP contribution in [0.15, 0.2) is 72.3 Å². The van der Waals surface area contributed by atoms with Crippen molar-refractivity contribution in [1.82, 2.24) is 0 Å². The van der Waals surface area contributed by atoms with Crippen LogP contribution in [0.5, 0.6) is 0 Å². The van der Waals surface area contributed by atoms with Crippen molar-refractivity contribution in [3.8, 4) is 0 Å². The van der Waals surface area contributed by atoms with Crippen molar-refractivity contribution in [2.24, 2.45) is 46.3 Å². The van der Waals surface area contributed by atoms with Crippen LogP contribution in [0.3, 0.4) is 0 Å².